The second-order valence-corrected chi connectivity index (χ2v) is 4.46. The molecule has 0 aliphatic rings. The summed E-state index contributed by atoms with van der Waals surface area (Å²) in [5.74, 6) is -1.34. The van der Waals surface area contributed by atoms with Crippen LogP contribution in [-0.4, -0.2) is 17.7 Å². The van der Waals surface area contributed by atoms with Crippen molar-refractivity contribution in [3.05, 3.63) is 33.1 Å². The summed E-state index contributed by atoms with van der Waals surface area (Å²) >= 11 is 5.62. The number of rotatable bonds is 4. The average Bonchev–Trinajstić information content (AvgIpc) is 2.29. The van der Waals surface area contributed by atoms with Crippen molar-refractivity contribution in [3.63, 3.8) is 0 Å². The van der Waals surface area contributed by atoms with Crippen LogP contribution in [0.15, 0.2) is 12.1 Å². The van der Waals surface area contributed by atoms with E-state index in [4.69, 9.17) is 16.3 Å². The van der Waals surface area contributed by atoms with Gasteiger partial charge in [-0.05, 0) is 5.92 Å². The lowest BCUT2D eigenvalue weighted by atomic mass is 10.2. The summed E-state index contributed by atoms with van der Waals surface area (Å²) < 4.78 is 22.6. The maximum absolute atomic E-state index is 13.2. The fourth-order valence-corrected chi connectivity index (χ4v) is 1.28. The van der Waals surface area contributed by atoms with Crippen molar-refractivity contribution in [3.8, 4) is 5.75 Å². The Bertz CT molecular complexity index is 506. The van der Waals surface area contributed by atoms with Gasteiger partial charge >= 0.3 is 11.8 Å². The number of ether oxygens (including phenoxy) is 2. The van der Waals surface area contributed by atoms with Crippen LogP contribution in [0.2, 0.25) is 5.02 Å². The van der Waals surface area contributed by atoms with Crippen molar-refractivity contribution in [1.82, 2.24) is 0 Å². The molecule has 0 heterocycles. The molecule has 0 spiro atoms. The highest BCUT2D eigenvalue weighted by Gasteiger charge is 2.20. The van der Waals surface area contributed by atoms with Crippen LogP contribution in [-0.2, 0) is 4.74 Å². The summed E-state index contributed by atoms with van der Waals surface area (Å²) in [6.45, 7) is 3.77. The summed E-state index contributed by atoms with van der Waals surface area (Å²) in [6.07, 6.45) is -1.06. The molecule has 0 aliphatic heterocycles. The van der Waals surface area contributed by atoms with Gasteiger partial charge in [0, 0.05) is 6.07 Å². The normalized spacial score (nSPS) is 10.4. The second-order valence-electron chi connectivity index (χ2n) is 4.05. The molecule has 1 rings (SSSR count). The first-order chi connectivity index (χ1) is 8.81. The SMILES string of the molecule is CC(C)COC(=O)Oc1cc([N+](=O)[O-])c(F)cc1Cl. The lowest BCUT2D eigenvalue weighted by Gasteiger charge is -2.08. The van der Waals surface area contributed by atoms with Gasteiger partial charge in [0.05, 0.1) is 22.6 Å². The zero-order chi connectivity index (χ0) is 14.6. The number of nitrogens with zero attached hydrogens (tertiary/aromatic N) is 1. The third kappa shape index (κ3) is 4.36. The van der Waals surface area contributed by atoms with Crippen molar-refractivity contribution < 1.29 is 23.6 Å². The number of nitro benzene ring substituents is 1. The van der Waals surface area contributed by atoms with Crippen LogP contribution in [0.25, 0.3) is 0 Å². The highest BCUT2D eigenvalue weighted by molar-refractivity contribution is 6.32. The molecule has 0 aromatic heterocycles. The van der Waals surface area contributed by atoms with Gasteiger partial charge in [0.15, 0.2) is 5.75 Å². The van der Waals surface area contributed by atoms with Gasteiger partial charge in [-0.1, -0.05) is 25.4 Å². The van der Waals surface area contributed by atoms with Crippen LogP contribution in [0.3, 0.4) is 0 Å². The number of carbonyl (C=O) groups is 1. The Morgan fingerprint density at radius 2 is 2.16 bits per heavy atom. The molecule has 0 unspecified atom stereocenters. The van der Waals surface area contributed by atoms with Gasteiger partial charge in [-0.15, -0.1) is 0 Å². The molecule has 1 aromatic carbocycles. The Labute approximate surface area is 113 Å². The monoisotopic (exact) mass is 291 g/mol. The molecule has 1 aromatic rings. The summed E-state index contributed by atoms with van der Waals surface area (Å²) in [5.41, 5.74) is -0.837. The molecule has 19 heavy (non-hydrogen) atoms. The van der Waals surface area contributed by atoms with Crippen LogP contribution in [0.4, 0.5) is 14.9 Å². The number of carbonyl (C=O) groups excluding carboxylic acids is 1. The van der Waals surface area contributed by atoms with Crippen molar-refractivity contribution >= 4 is 23.4 Å². The lowest BCUT2D eigenvalue weighted by Crippen LogP contribution is -2.14. The minimum absolute atomic E-state index is 0.102. The smallest absolute Gasteiger partial charge is 0.434 e. The molecule has 0 bridgehead atoms. The van der Waals surface area contributed by atoms with Crippen LogP contribution < -0.4 is 4.74 Å². The maximum atomic E-state index is 13.2. The fourth-order valence-electron chi connectivity index (χ4n) is 1.09. The van der Waals surface area contributed by atoms with Crippen molar-refractivity contribution in [2.75, 3.05) is 6.61 Å². The van der Waals surface area contributed by atoms with Crippen LogP contribution in [0.1, 0.15) is 13.8 Å². The maximum Gasteiger partial charge on any atom is 0.513 e. The minimum Gasteiger partial charge on any atom is -0.434 e. The van der Waals surface area contributed by atoms with E-state index in [0.29, 0.717) is 6.07 Å². The van der Waals surface area contributed by atoms with E-state index in [1.807, 2.05) is 13.8 Å². The molecule has 0 aliphatic carbocycles. The molecule has 0 radical (unpaired) electrons. The Kier molecular flexibility index (Phi) is 5.05. The quantitative estimate of drug-likeness (QED) is 0.367. The third-order valence-electron chi connectivity index (χ3n) is 1.93. The van der Waals surface area contributed by atoms with Gasteiger partial charge in [0.1, 0.15) is 0 Å². The zero-order valence-corrected chi connectivity index (χ0v) is 10.9. The number of nitro groups is 1. The molecule has 0 fully saturated rings. The first-order valence-electron chi connectivity index (χ1n) is 5.29. The highest BCUT2D eigenvalue weighted by atomic mass is 35.5. The van der Waals surface area contributed by atoms with E-state index < -0.39 is 22.6 Å². The van der Waals surface area contributed by atoms with Crippen LogP contribution >= 0.6 is 11.6 Å². The molecule has 0 atom stereocenters. The van der Waals surface area contributed by atoms with Gasteiger partial charge in [-0.25, -0.2) is 4.79 Å². The second kappa shape index (κ2) is 6.33. The van der Waals surface area contributed by atoms with Gasteiger partial charge < -0.3 is 9.47 Å². The molecule has 104 valence electrons. The van der Waals surface area contributed by atoms with E-state index in [9.17, 15) is 19.3 Å². The highest BCUT2D eigenvalue weighted by Crippen LogP contribution is 2.31. The number of halogens is 2. The summed E-state index contributed by atoms with van der Waals surface area (Å²) in [4.78, 5) is 20.9. The Morgan fingerprint density at radius 1 is 1.53 bits per heavy atom. The van der Waals surface area contributed by atoms with Crippen LogP contribution in [0, 0.1) is 21.8 Å². The number of benzene rings is 1. The summed E-state index contributed by atoms with van der Waals surface area (Å²) in [5, 5.41) is 10.3. The molecule has 6 nitrogen and oxygen atoms in total. The van der Waals surface area contributed by atoms with Crippen LogP contribution in [0.5, 0.6) is 5.75 Å². The van der Waals surface area contributed by atoms with Gasteiger partial charge in [-0.3, -0.25) is 10.1 Å². The number of hydrogen-bond acceptors (Lipinski definition) is 5. The topological polar surface area (TPSA) is 78.7 Å². The molecule has 0 saturated carbocycles. The third-order valence-corrected chi connectivity index (χ3v) is 2.22. The Balaban J connectivity index is 2.86. The van der Waals surface area contributed by atoms with E-state index in [1.165, 1.54) is 0 Å². The molecule has 8 heteroatoms. The molecule has 0 amide bonds. The Hall–Kier alpha value is -1.89. The predicted molar refractivity (Wildman–Crippen MR) is 64.9 cm³/mol. The molecular weight excluding hydrogens is 281 g/mol. The van der Waals surface area contributed by atoms with E-state index >= 15 is 0 Å². The molecular formula is C11H11ClFNO5. The van der Waals surface area contributed by atoms with Crippen molar-refractivity contribution in [1.29, 1.82) is 0 Å². The standard InChI is InChI=1S/C11H11ClFNO5/c1-6(2)5-18-11(15)19-10-4-9(14(16)17)8(13)3-7(10)12/h3-4,6H,5H2,1-2H3. The summed E-state index contributed by atoms with van der Waals surface area (Å²) in [7, 11) is 0. The van der Waals surface area contributed by atoms with E-state index in [2.05, 4.69) is 4.74 Å². The van der Waals surface area contributed by atoms with Crippen molar-refractivity contribution in [2.24, 2.45) is 5.92 Å². The molecule has 0 saturated heterocycles. The molecule has 0 N–H and O–H groups in total. The number of hydrogen-bond donors (Lipinski definition) is 0. The Morgan fingerprint density at radius 3 is 2.68 bits per heavy atom. The predicted octanol–water partition coefficient (Wildman–Crippen LogP) is 3.56. The van der Waals surface area contributed by atoms with Gasteiger partial charge in [-0.2, -0.15) is 4.39 Å². The zero-order valence-electron chi connectivity index (χ0n) is 10.2. The first kappa shape index (κ1) is 15.2. The lowest BCUT2D eigenvalue weighted by molar-refractivity contribution is -0.387. The van der Waals surface area contributed by atoms with E-state index in [0.717, 1.165) is 6.07 Å². The minimum atomic E-state index is -1.11. The largest absolute Gasteiger partial charge is 0.513 e. The van der Waals surface area contributed by atoms with Gasteiger partial charge in [0.2, 0.25) is 5.82 Å². The first-order valence-corrected chi connectivity index (χ1v) is 5.67. The van der Waals surface area contributed by atoms with Gasteiger partial charge in [0.25, 0.3) is 0 Å². The fraction of sp³-hybridized carbons (Fsp3) is 0.364. The van der Waals surface area contributed by atoms with E-state index in [-0.39, 0.29) is 23.3 Å². The summed E-state index contributed by atoms with van der Waals surface area (Å²) in [6, 6.07) is 1.43. The van der Waals surface area contributed by atoms with Crippen molar-refractivity contribution in [2.45, 2.75) is 13.8 Å². The van der Waals surface area contributed by atoms with E-state index in [1.54, 1.807) is 0 Å². The average molecular weight is 292 g/mol.